The van der Waals surface area contributed by atoms with E-state index in [0.717, 1.165) is 32.0 Å². The maximum atomic E-state index is 6.36. The zero-order chi connectivity index (χ0) is 14.7. The van der Waals surface area contributed by atoms with Crippen molar-refractivity contribution in [1.29, 1.82) is 0 Å². The Labute approximate surface area is 126 Å². The molecule has 0 aromatic heterocycles. The third-order valence-corrected chi connectivity index (χ3v) is 3.99. The predicted molar refractivity (Wildman–Crippen MR) is 85.3 cm³/mol. The van der Waals surface area contributed by atoms with Crippen LogP contribution in [0.4, 0.5) is 0 Å². The second-order valence-electron chi connectivity index (χ2n) is 5.71. The highest BCUT2D eigenvalue weighted by Crippen LogP contribution is 2.23. The van der Waals surface area contributed by atoms with Gasteiger partial charge in [-0.3, -0.25) is 4.90 Å². The van der Waals surface area contributed by atoms with Crippen LogP contribution in [0.2, 0.25) is 0 Å². The molecule has 1 aliphatic heterocycles. The van der Waals surface area contributed by atoms with Gasteiger partial charge in [0.25, 0.3) is 0 Å². The highest BCUT2D eigenvalue weighted by molar-refractivity contribution is 5.34. The van der Waals surface area contributed by atoms with Crippen LogP contribution in [0.15, 0.2) is 48.5 Å². The van der Waals surface area contributed by atoms with Crippen LogP contribution in [0.5, 0.6) is 5.75 Å². The van der Waals surface area contributed by atoms with Crippen LogP contribution >= 0.6 is 0 Å². The Balaban J connectivity index is 1.69. The van der Waals surface area contributed by atoms with E-state index >= 15 is 0 Å². The molecular weight excluding hydrogens is 260 g/mol. The number of para-hydroxylation sites is 1. The molecule has 0 saturated carbocycles. The minimum absolute atomic E-state index is 0.0378. The molecule has 2 aromatic rings. The summed E-state index contributed by atoms with van der Waals surface area (Å²) in [5, 5.41) is 0. The Morgan fingerprint density at radius 1 is 1.14 bits per heavy atom. The Morgan fingerprint density at radius 2 is 1.90 bits per heavy atom. The zero-order valence-corrected chi connectivity index (χ0v) is 12.5. The number of benzene rings is 2. The molecule has 0 amide bonds. The van der Waals surface area contributed by atoms with Crippen molar-refractivity contribution in [2.24, 2.45) is 5.73 Å². The lowest BCUT2D eigenvalue weighted by molar-refractivity contribution is 0.216. The van der Waals surface area contributed by atoms with Crippen LogP contribution in [0.25, 0.3) is 0 Å². The zero-order valence-electron chi connectivity index (χ0n) is 12.5. The van der Waals surface area contributed by atoms with Crippen molar-refractivity contribution in [1.82, 2.24) is 4.90 Å². The first kappa shape index (κ1) is 14.1. The van der Waals surface area contributed by atoms with Gasteiger partial charge in [-0.2, -0.15) is 0 Å². The van der Waals surface area contributed by atoms with Gasteiger partial charge in [0.2, 0.25) is 0 Å². The van der Waals surface area contributed by atoms with Crippen molar-refractivity contribution in [2.45, 2.75) is 19.5 Å². The van der Waals surface area contributed by atoms with E-state index in [4.69, 9.17) is 10.5 Å². The Morgan fingerprint density at radius 3 is 2.71 bits per heavy atom. The fraction of sp³-hybridized carbons (Fsp3) is 0.333. The van der Waals surface area contributed by atoms with Crippen molar-refractivity contribution in [3.8, 4) is 5.75 Å². The van der Waals surface area contributed by atoms with Crippen molar-refractivity contribution < 1.29 is 4.74 Å². The van der Waals surface area contributed by atoms with E-state index in [2.05, 4.69) is 48.2 Å². The molecular formula is C18H22N2O. The second kappa shape index (κ2) is 6.29. The molecule has 110 valence electrons. The van der Waals surface area contributed by atoms with Gasteiger partial charge in [-0.05, 0) is 18.6 Å². The van der Waals surface area contributed by atoms with Gasteiger partial charge in [0, 0.05) is 31.2 Å². The molecule has 1 unspecified atom stereocenters. The average Bonchev–Trinajstić information content (AvgIpc) is 2.69. The van der Waals surface area contributed by atoms with E-state index in [1.807, 2.05) is 12.1 Å². The summed E-state index contributed by atoms with van der Waals surface area (Å²) in [7, 11) is 0. The Kier molecular flexibility index (Phi) is 4.23. The summed E-state index contributed by atoms with van der Waals surface area (Å²) in [4.78, 5) is 2.37. The smallest absolute Gasteiger partial charge is 0.123 e. The van der Waals surface area contributed by atoms with Crippen molar-refractivity contribution >= 4 is 0 Å². The topological polar surface area (TPSA) is 38.5 Å². The van der Waals surface area contributed by atoms with Crippen LogP contribution in [-0.4, -0.2) is 24.6 Å². The fourth-order valence-corrected chi connectivity index (χ4v) is 2.73. The summed E-state index contributed by atoms with van der Waals surface area (Å²) < 4.78 is 5.80. The molecule has 1 heterocycles. The standard InChI is InChI=1S/C18H22N2O/c1-14-6-8-15(9-7-14)17(19)13-20-10-11-21-18-5-3-2-4-16(18)12-20/h2-9,17H,10-13,19H2,1H3. The highest BCUT2D eigenvalue weighted by atomic mass is 16.5. The van der Waals surface area contributed by atoms with Gasteiger partial charge in [-0.15, -0.1) is 0 Å². The molecule has 2 N–H and O–H groups in total. The van der Waals surface area contributed by atoms with Gasteiger partial charge >= 0.3 is 0 Å². The number of hydrogen-bond donors (Lipinski definition) is 1. The average molecular weight is 282 g/mol. The Bertz CT molecular complexity index is 594. The molecule has 0 fully saturated rings. The number of nitrogens with two attached hydrogens (primary N) is 1. The molecule has 0 spiro atoms. The maximum Gasteiger partial charge on any atom is 0.123 e. The summed E-state index contributed by atoms with van der Waals surface area (Å²) in [5.74, 6) is 1.00. The first-order chi connectivity index (χ1) is 10.2. The van der Waals surface area contributed by atoms with Gasteiger partial charge in [-0.25, -0.2) is 0 Å². The second-order valence-corrected chi connectivity index (χ2v) is 5.71. The van der Waals surface area contributed by atoms with Gasteiger partial charge in [0.05, 0.1) is 0 Å². The van der Waals surface area contributed by atoms with Gasteiger partial charge in [-0.1, -0.05) is 48.0 Å². The van der Waals surface area contributed by atoms with Crippen LogP contribution < -0.4 is 10.5 Å². The summed E-state index contributed by atoms with van der Waals surface area (Å²) in [6.45, 7) is 5.47. The molecule has 0 bridgehead atoms. The summed E-state index contributed by atoms with van der Waals surface area (Å²) in [6, 6.07) is 16.8. The lowest BCUT2D eigenvalue weighted by Crippen LogP contribution is -2.33. The molecule has 3 heteroatoms. The van der Waals surface area contributed by atoms with Crippen molar-refractivity contribution in [3.63, 3.8) is 0 Å². The lowest BCUT2D eigenvalue weighted by atomic mass is 10.1. The first-order valence-electron chi connectivity index (χ1n) is 7.47. The van der Waals surface area contributed by atoms with Gasteiger partial charge < -0.3 is 10.5 Å². The monoisotopic (exact) mass is 282 g/mol. The predicted octanol–water partition coefficient (Wildman–Crippen LogP) is 2.89. The van der Waals surface area contributed by atoms with E-state index < -0.39 is 0 Å². The van der Waals surface area contributed by atoms with Crippen LogP contribution in [0.3, 0.4) is 0 Å². The van der Waals surface area contributed by atoms with Crippen molar-refractivity contribution in [3.05, 3.63) is 65.2 Å². The summed E-state index contributed by atoms with van der Waals surface area (Å²) in [6.07, 6.45) is 0. The van der Waals surface area contributed by atoms with Crippen LogP contribution in [0, 0.1) is 6.92 Å². The van der Waals surface area contributed by atoms with E-state index in [0.29, 0.717) is 0 Å². The van der Waals surface area contributed by atoms with E-state index in [-0.39, 0.29) is 6.04 Å². The van der Waals surface area contributed by atoms with E-state index in [1.54, 1.807) is 0 Å². The quantitative estimate of drug-likeness (QED) is 0.940. The summed E-state index contributed by atoms with van der Waals surface area (Å²) >= 11 is 0. The number of aryl methyl sites for hydroxylation is 1. The number of nitrogens with zero attached hydrogens (tertiary/aromatic N) is 1. The summed E-state index contributed by atoms with van der Waals surface area (Å²) in [5.41, 5.74) is 10.1. The van der Waals surface area contributed by atoms with Gasteiger partial charge in [0.1, 0.15) is 12.4 Å². The maximum absolute atomic E-state index is 6.36. The van der Waals surface area contributed by atoms with Crippen LogP contribution in [0.1, 0.15) is 22.7 Å². The number of rotatable bonds is 3. The fourth-order valence-electron chi connectivity index (χ4n) is 2.73. The molecule has 3 rings (SSSR count). The van der Waals surface area contributed by atoms with Gasteiger partial charge in [0.15, 0.2) is 0 Å². The van der Waals surface area contributed by atoms with E-state index in [9.17, 15) is 0 Å². The lowest BCUT2D eigenvalue weighted by Gasteiger charge is -2.23. The van der Waals surface area contributed by atoms with Crippen LogP contribution in [-0.2, 0) is 6.54 Å². The minimum atomic E-state index is 0.0378. The normalized spacial score (nSPS) is 16.7. The number of ether oxygens (including phenoxy) is 1. The molecule has 1 aliphatic rings. The molecule has 0 radical (unpaired) electrons. The molecule has 3 nitrogen and oxygen atoms in total. The third-order valence-electron chi connectivity index (χ3n) is 3.99. The molecule has 1 atom stereocenters. The minimum Gasteiger partial charge on any atom is -0.492 e. The largest absolute Gasteiger partial charge is 0.492 e. The SMILES string of the molecule is Cc1ccc(C(N)CN2CCOc3ccccc3C2)cc1. The number of fused-ring (bicyclic) bond motifs is 1. The molecule has 0 aliphatic carbocycles. The third kappa shape index (κ3) is 3.43. The Hall–Kier alpha value is -1.84. The number of hydrogen-bond acceptors (Lipinski definition) is 3. The molecule has 21 heavy (non-hydrogen) atoms. The molecule has 0 saturated heterocycles. The highest BCUT2D eigenvalue weighted by Gasteiger charge is 2.17. The first-order valence-corrected chi connectivity index (χ1v) is 7.47. The molecule has 2 aromatic carbocycles. The van der Waals surface area contributed by atoms with E-state index in [1.165, 1.54) is 16.7 Å². The van der Waals surface area contributed by atoms with Crippen molar-refractivity contribution in [2.75, 3.05) is 19.7 Å².